The van der Waals surface area contributed by atoms with Crippen LogP contribution >= 0.6 is 15.9 Å². The lowest BCUT2D eigenvalue weighted by Gasteiger charge is -2.40. The normalized spacial score (nSPS) is 20.2. The number of halogens is 2. The molecule has 0 radical (unpaired) electrons. The van der Waals surface area contributed by atoms with E-state index in [1.165, 1.54) is 5.56 Å². The molecule has 0 amide bonds. The van der Waals surface area contributed by atoms with E-state index in [-0.39, 0.29) is 11.9 Å². The van der Waals surface area contributed by atoms with Crippen molar-refractivity contribution < 1.29 is 4.39 Å². The van der Waals surface area contributed by atoms with Crippen molar-refractivity contribution in [1.29, 1.82) is 0 Å². The van der Waals surface area contributed by atoms with Crippen molar-refractivity contribution in [2.75, 3.05) is 26.7 Å². The van der Waals surface area contributed by atoms with Crippen LogP contribution in [0.1, 0.15) is 17.2 Å². The molecule has 0 bridgehead atoms. The standard InChI is InChI=1S/C17H19BrFN3/c1-21-6-7-22(11-13-8-15(18)10-20-9-13)17(12-21)14-2-4-16(19)5-3-14/h2-5,8-10,17H,6-7,11-12H2,1H3. The third-order valence-corrected chi connectivity index (χ3v) is 4.53. The summed E-state index contributed by atoms with van der Waals surface area (Å²) in [7, 11) is 2.13. The van der Waals surface area contributed by atoms with E-state index < -0.39 is 0 Å². The largest absolute Gasteiger partial charge is 0.303 e. The SMILES string of the molecule is CN1CCN(Cc2cncc(Br)c2)C(c2ccc(F)cc2)C1. The first-order valence-electron chi connectivity index (χ1n) is 7.39. The third kappa shape index (κ3) is 3.72. The van der Waals surface area contributed by atoms with Gasteiger partial charge in [-0.3, -0.25) is 9.88 Å². The highest BCUT2D eigenvalue weighted by Gasteiger charge is 2.26. The average Bonchev–Trinajstić information content (AvgIpc) is 2.50. The molecule has 0 saturated carbocycles. The van der Waals surface area contributed by atoms with Crippen LogP contribution in [0.5, 0.6) is 0 Å². The van der Waals surface area contributed by atoms with Crippen molar-refractivity contribution in [3.05, 3.63) is 64.1 Å². The minimum absolute atomic E-state index is 0.185. The van der Waals surface area contributed by atoms with Crippen molar-refractivity contribution in [2.45, 2.75) is 12.6 Å². The van der Waals surface area contributed by atoms with Gasteiger partial charge in [0.1, 0.15) is 5.82 Å². The van der Waals surface area contributed by atoms with Crippen molar-refractivity contribution >= 4 is 15.9 Å². The van der Waals surface area contributed by atoms with Crippen LogP contribution in [0.2, 0.25) is 0 Å². The molecule has 1 saturated heterocycles. The van der Waals surface area contributed by atoms with E-state index in [2.05, 4.69) is 43.8 Å². The van der Waals surface area contributed by atoms with Crippen LogP contribution in [0.4, 0.5) is 4.39 Å². The molecule has 1 aromatic heterocycles. The molecule has 3 nitrogen and oxygen atoms in total. The number of hydrogen-bond acceptors (Lipinski definition) is 3. The lowest BCUT2D eigenvalue weighted by Crippen LogP contribution is -2.46. The second-order valence-corrected chi connectivity index (χ2v) is 6.73. The Kier molecular flexibility index (Phi) is 4.86. The summed E-state index contributed by atoms with van der Waals surface area (Å²) in [6.07, 6.45) is 3.70. The Morgan fingerprint density at radius 2 is 2.00 bits per heavy atom. The zero-order valence-corrected chi connectivity index (χ0v) is 14.1. The Morgan fingerprint density at radius 3 is 2.73 bits per heavy atom. The number of nitrogens with zero attached hydrogens (tertiary/aromatic N) is 3. The maximum Gasteiger partial charge on any atom is 0.123 e. The summed E-state index contributed by atoms with van der Waals surface area (Å²) in [6.45, 7) is 3.83. The van der Waals surface area contributed by atoms with E-state index in [1.807, 2.05) is 18.3 Å². The molecule has 22 heavy (non-hydrogen) atoms. The number of benzene rings is 1. The highest BCUT2D eigenvalue weighted by atomic mass is 79.9. The molecule has 5 heteroatoms. The number of likely N-dealkylation sites (N-methyl/N-ethyl adjacent to an activating group) is 1. The zero-order valence-electron chi connectivity index (χ0n) is 12.5. The summed E-state index contributed by atoms with van der Waals surface area (Å²) < 4.78 is 14.2. The van der Waals surface area contributed by atoms with Crippen molar-refractivity contribution in [3.63, 3.8) is 0 Å². The van der Waals surface area contributed by atoms with E-state index in [0.29, 0.717) is 0 Å². The Bertz CT molecular complexity index is 632. The highest BCUT2D eigenvalue weighted by molar-refractivity contribution is 9.10. The van der Waals surface area contributed by atoms with E-state index >= 15 is 0 Å². The number of pyridine rings is 1. The Balaban J connectivity index is 1.82. The smallest absolute Gasteiger partial charge is 0.123 e. The Hall–Kier alpha value is -1.30. The van der Waals surface area contributed by atoms with Crippen LogP contribution < -0.4 is 0 Å². The van der Waals surface area contributed by atoms with Gasteiger partial charge in [0.25, 0.3) is 0 Å². The summed E-state index contributed by atoms with van der Waals surface area (Å²) in [5.74, 6) is -0.185. The second kappa shape index (κ2) is 6.86. The fraction of sp³-hybridized carbons (Fsp3) is 0.353. The molecule has 1 unspecified atom stereocenters. The van der Waals surface area contributed by atoms with Crippen LogP contribution in [-0.4, -0.2) is 41.5 Å². The molecule has 2 heterocycles. The molecular weight excluding hydrogens is 345 g/mol. The molecular formula is C17H19BrFN3. The lowest BCUT2D eigenvalue weighted by molar-refractivity contribution is 0.0832. The quantitative estimate of drug-likeness (QED) is 0.832. The molecule has 1 aliphatic heterocycles. The van der Waals surface area contributed by atoms with Crippen molar-refractivity contribution in [2.24, 2.45) is 0 Å². The van der Waals surface area contributed by atoms with E-state index in [0.717, 1.165) is 36.2 Å². The van der Waals surface area contributed by atoms with E-state index in [1.54, 1.807) is 18.3 Å². The molecule has 1 fully saturated rings. The van der Waals surface area contributed by atoms with Gasteiger partial charge in [0.05, 0.1) is 0 Å². The summed E-state index contributed by atoms with van der Waals surface area (Å²) in [4.78, 5) is 9.00. The molecule has 1 aliphatic rings. The van der Waals surface area contributed by atoms with Crippen LogP contribution in [-0.2, 0) is 6.54 Å². The van der Waals surface area contributed by atoms with Gasteiger partial charge in [0.15, 0.2) is 0 Å². The van der Waals surface area contributed by atoms with Gasteiger partial charge >= 0.3 is 0 Å². The van der Waals surface area contributed by atoms with Gasteiger partial charge in [-0.05, 0) is 52.3 Å². The molecule has 3 rings (SSSR count). The monoisotopic (exact) mass is 363 g/mol. The maximum atomic E-state index is 13.2. The van der Waals surface area contributed by atoms with Gasteiger partial charge in [-0.25, -0.2) is 4.39 Å². The molecule has 2 aromatic rings. The van der Waals surface area contributed by atoms with Crippen LogP contribution in [0.3, 0.4) is 0 Å². The molecule has 1 aromatic carbocycles. The van der Waals surface area contributed by atoms with Crippen LogP contribution in [0.25, 0.3) is 0 Å². The molecule has 0 N–H and O–H groups in total. The van der Waals surface area contributed by atoms with Crippen LogP contribution in [0.15, 0.2) is 47.2 Å². The molecule has 116 valence electrons. The van der Waals surface area contributed by atoms with Gasteiger partial charge < -0.3 is 4.90 Å². The average molecular weight is 364 g/mol. The number of piperazine rings is 1. The Labute approximate surface area is 138 Å². The first-order valence-corrected chi connectivity index (χ1v) is 8.18. The predicted molar refractivity (Wildman–Crippen MR) is 89.0 cm³/mol. The summed E-state index contributed by atoms with van der Waals surface area (Å²) in [5, 5.41) is 0. The summed E-state index contributed by atoms with van der Waals surface area (Å²) in [6, 6.07) is 9.26. The topological polar surface area (TPSA) is 19.4 Å². The first-order chi connectivity index (χ1) is 10.6. The van der Waals surface area contributed by atoms with Gasteiger partial charge in [-0.15, -0.1) is 0 Å². The first kappa shape index (κ1) is 15.6. The van der Waals surface area contributed by atoms with Crippen molar-refractivity contribution in [3.8, 4) is 0 Å². The minimum Gasteiger partial charge on any atom is -0.303 e. The van der Waals surface area contributed by atoms with Crippen molar-refractivity contribution in [1.82, 2.24) is 14.8 Å². The highest BCUT2D eigenvalue weighted by Crippen LogP contribution is 2.27. The fourth-order valence-electron chi connectivity index (χ4n) is 2.92. The molecule has 1 atom stereocenters. The summed E-state index contributed by atoms with van der Waals surface area (Å²) in [5.41, 5.74) is 2.35. The van der Waals surface area contributed by atoms with Gasteiger partial charge in [-0.2, -0.15) is 0 Å². The van der Waals surface area contributed by atoms with E-state index in [9.17, 15) is 4.39 Å². The molecule has 0 aliphatic carbocycles. The van der Waals surface area contributed by atoms with Gasteiger partial charge in [0.2, 0.25) is 0 Å². The second-order valence-electron chi connectivity index (χ2n) is 5.81. The predicted octanol–water partition coefficient (Wildman–Crippen LogP) is 3.47. The van der Waals surface area contributed by atoms with E-state index in [4.69, 9.17) is 0 Å². The number of aromatic nitrogens is 1. The third-order valence-electron chi connectivity index (χ3n) is 4.10. The maximum absolute atomic E-state index is 13.2. The molecule has 0 spiro atoms. The summed E-state index contributed by atoms with van der Waals surface area (Å²) >= 11 is 3.47. The number of hydrogen-bond donors (Lipinski definition) is 0. The zero-order chi connectivity index (χ0) is 15.5. The lowest BCUT2D eigenvalue weighted by atomic mass is 10.0. The minimum atomic E-state index is -0.185. The van der Waals surface area contributed by atoms with Gasteiger partial charge in [0, 0.05) is 49.1 Å². The van der Waals surface area contributed by atoms with Crippen LogP contribution in [0, 0.1) is 5.82 Å². The fourth-order valence-corrected chi connectivity index (χ4v) is 3.34. The Morgan fingerprint density at radius 1 is 1.23 bits per heavy atom. The number of rotatable bonds is 3. The van der Waals surface area contributed by atoms with Gasteiger partial charge in [-0.1, -0.05) is 12.1 Å².